The summed E-state index contributed by atoms with van der Waals surface area (Å²) in [5.41, 5.74) is 33.8. The minimum Gasteiger partial charge on any atom is -0.468 e. The third-order valence-electron chi connectivity index (χ3n) is 8.38. The molecule has 0 aliphatic rings. The normalized spacial score (nSPS) is 12.4. The first-order valence-electron chi connectivity index (χ1n) is 21.7. The van der Waals surface area contributed by atoms with Crippen LogP contribution >= 0.6 is 68.4 Å². The molecule has 0 aliphatic heterocycles. The molecule has 5 aromatic carbocycles. The first-order chi connectivity index (χ1) is 35.1. The third-order valence-corrected chi connectivity index (χ3v) is 14.1. The van der Waals surface area contributed by atoms with Crippen LogP contribution in [-0.2, 0) is 33.5 Å². The van der Waals surface area contributed by atoms with E-state index in [1.165, 1.54) is 50.3 Å². The van der Waals surface area contributed by atoms with Gasteiger partial charge in [0.2, 0.25) is 0 Å². The molecule has 0 spiro atoms. The molecule has 5 aromatic rings. The second-order valence-electron chi connectivity index (χ2n) is 14.3. The lowest BCUT2D eigenvalue weighted by Crippen LogP contribution is -2.37. The summed E-state index contributed by atoms with van der Waals surface area (Å²) in [4.78, 5) is 68.9. The molecule has 5 rings (SSSR count). The van der Waals surface area contributed by atoms with E-state index in [1.54, 1.807) is 121 Å². The van der Waals surface area contributed by atoms with Gasteiger partial charge in [-0.05, 0) is 60.7 Å². The van der Waals surface area contributed by atoms with Crippen molar-refractivity contribution in [3.8, 4) is 28.7 Å². The highest BCUT2D eigenvalue weighted by Crippen LogP contribution is 2.24. The lowest BCUT2D eigenvalue weighted by atomic mass is 10.3. The average Bonchev–Trinajstić information content (AvgIpc) is 3.41. The average molecular weight is 1150 g/mol. The van der Waals surface area contributed by atoms with Crippen LogP contribution in [0.4, 0.5) is 0 Å². The maximum atomic E-state index is 11.9. The monoisotopic (exact) mass is 1150 g/mol. The lowest BCUT2D eigenvalue weighted by Gasteiger charge is -2.12. The Bertz CT molecular complexity index is 2220. The van der Waals surface area contributed by atoms with E-state index in [4.69, 9.17) is 58.1 Å². The molecule has 0 saturated carbocycles. The van der Waals surface area contributed by atoms with Gasteiger partial charge in [0, 0.05) is 34.5 Å². The number of rotatable bonds is 23. The molecule has 0 radical (unpaired) electrons. The zero-order valence-electron chi connectivity index (χ0n) is 39.5. The number of benzene rings is 5. The predicted molar refractivity (Wildman–Crippen MR) is 311 cm³/mol. The van der Waals surface area contributed by atoms with Gasteiger partial charge in [-0.2, -0.15) is 25.3 Å². The smallest absolute Gasteiger partial charge is 0.329 e. The van der Waals surface area contributed by atoms with Gasteiger partial charge in [0.1, 0.15) is 65.0 Å². The number of carbonyl (C=O) groups excluding carboxylic acids is 6. The van der Waals surface area contributed by atoms with E-state index in [9.17, 15) is 28.8 Å². The molecule has 0 bridgehead atoms. The maximum Gasteiger partial charge on any atom is 0.329 e. The fourth-order valence-electron chi connectivity index (χ4n) is 4.46. The highest BCUT2D eigenvalue weighted by atomic mass is 33.1. The lowest BCUT2D eigenvalue weighted by molar-refractivity contribution is -0.141. The molecule has 2 unspecified atom stereocenters. The zero-order valence-corrected chi connectivity index (χ0v) is 44.6. The van der Waals surface area contributed by atoms with Crippen LogP contribution in [-0.4, -0.2) is 114 Å². The SMILES string of the molecule is C.C.COC(=O)C(N)CSSCC(N)C(=O)Oc1ccccc1.N[C@@H](CS)C(=O)Oc1ccccc1.N[C@@H](CSSC[C@H](N)C(=O)Oc1ccccc1)C(=O)Oc1ccccc1.N[C@H](CS)C(=O)Oc1ccccc1. The molecule has 6 atom stereocenters. The number of hydrogen-bond donors (Lipinski definition) is 8. The Labute approximate surface area is 466 Å². The van der Waals surface area contributed by atoms with Crippen LogP contribution in [0.25, 0.3) is 0 Å². The summed E-state index contributed by atoms with van der Waals surface area (Å²) in [6.45, 7) is 0. The quantitative estimate of drug-likeness (QED) is 0.0122. The van der Waals surface area contributed by atoms with Crippen LogP contribution in [0.1, 0.15) is 14.9 Å². The molecule has 0 saturated heterocycles. The van der Waals surface area contributed by atoms with Crippen molar-refractivity contribution in [1.82, 2.24) is 0 Å². The van der Waals surface area contributed by atoms with E-state index in [2.05, 4.69) is 30.0 Å². The van der Waals surface area contributed by atoms with Gasteiger partial charge in [0.25, 0.3) is 0 Å². The molecular formula is C51H68N6O12S6. The fourth-order valence-corrected chi connectivity index (χ4v) is 9.19. The first kappa shape index (κ1) is 69.8. The van der Waals surface area contributed by atoms with Crippen LogP contribution in [0.2, 0.25) is 0 Å². The second kappa shape index (κ2) is 42.0. The molecule has 0 aromatic heterocycles. The number of esters is 6. The van der Waals surface area contributed by atoms with Crippen molar-refractivity contribution in [1.29, 1.82) is 0 Å². The van der Waals surface area contributed by atoms with E-state index in [1.807, 2.05) is 30.3 Å². The molecule has 0 amide bonds. The third kappa shape index (κ3) is 31.4. The van der Waals surface area contributed by atoms with Gasteiger partial charge in [-0.3, -0.25) is 4.79 Å². The van der Waals surface area contributed by atoms with Crippen molar-refractivity contribution in [2.75, 3.05) is 41.6 Å². The van der Waals surface area contributed by atoms with Crippen molar-refractivity contribution in [3.63, 3.8) is 0 Å². The largest absolute Gasteiger partial charge is 0.468 e. The van der Waals surface area contributed by atoms with Crippen molar-refractivity contribution in [2.24, 2.45) is 34.4 Å². The molecular weight excluding hydrogens is 1080 g/mol. The van der Waals surface area contributed by atoms with Crippen LogP contribution in [0.5, 0.6) is 28.7 Å². The first-order valence-corrected chi connectivity index (χ1v) is 28.0. The van der Waals surface area contributed by atoms with Gasteiger partial charge in [-0.15, -0.1) is 0 Å². The van der Waals surface area contributed by atoms with Gasteiger partial charge < -0.3 is 62.8 Å². The molecule has 75 heavy (non-hydrogen) atoms. The van der Waals surface area contributed by atoms with E-state index in [0.717, 1.165) is 0 Å². The zero-order chi connectivity index (χ0) is 53.8. The molecule has 0 heterocycles. The molecule has 12 N–H and O–H groups in total. The summed E-state index contributed by atoms with van der Waals surface area (Å²) >= 11 is 7.79. The minimum atomic E-state index is -0.764. The summed E-state index contributed by atoms with van der Waals surface area (Å²) in [6.07, 6.45) is 0. The summed E-state index contributed by atoms with van der Waals surface area (Å²) in [7, 11) is 6.72. The molecule has 0 aliphatic carbocycles. The Balaban J connectivity index is 0.00000101. The topological polar surface area (TPSA) is 314 Å². The predicted octanol–water partition coefficient (Wildman–Crippen LogP) is 6.01. The highest BCUT2D eigenvalue weighted by Gasteiger charge is 2.21. The number of ether oxygens (including phenoxy) is 6. The second-order valence-corrected chi connectivity index (χ2v) is 20.2. The van der Waals surface area contributed by atoms with Crippen molar-refractivity contribution in [3.05, 3.63) is 152 Å². The van der Waals surface area contributed by atoms with Gasteiger partial charge in [0.15, 0.2) is 0 Å². The maximum absolute atomic E-state index is 11.9. The molecule has 0 fully saturated rings. The van der Waals surface area contributed by atoms with Crippen LogP contribution in [0.3, 0.4) is 0 Å². The number of carbonyl (C=O) groups is 6. The van der Waals surface area contributed by atoms with Crippen molar-refractivity contribution in [2.45, 2.75) is 51.1 Å². The molecule has 410 valence electrons. The van der Waals surface area contributed by atoms with Gasteiger partial charge in [-0.1, -0.05) is 149 Å². The standard InChI is InChI=1S/C18H20N2O4S2.C13H18N2O4S2.2C9H11NO2S.2CH4/c19-15(17(21)23-13-7-3-1-4-8-13)11-25-26-12-16(20)18(22)24-14-9-5-2-6-10-14;1-18-12(16)10(14)7-20-21-8-11(15)13(17)19-9-5-3-2-4-6-9;2*10-8(6-13)9(11)12-7-4-2-1-3-5-7;;/h1-10,15-16H,11-12,19-20H2;2-6,10-11H,7-8,14-15H2,1H3;2*1-5,8,13H,6,10H2;2*1H4/t15-,16-;;2*8-;;/m0.10../s1. The summed E-state index contributed by atoms with van der Waals surface area (Å²) in [6, 6.07) is 39.6. The molecule has 18 nitrogen and oxygen atoms in total. The van der Waals surface area contributed by atoms with Crippen LogP contribution in [0, 0.1) is 0 Å². The summed E-state index contributed by atoms with van der Waals surface area (Å²) < 4.78 is 29.9. The minimum absolute atomic E-state index is 0. The Morgan fingerprint density at radius 3 is 0.693 bits per heavy atom. The fraction of sp³-hybridized carbons (Fsp3) is 0.294. The Kier molecular flexibility index (Phi) is 39.0. The number of methoxy groups -OCH3 is 1. The summed E-state index contributed by atoms with van der Waals surface area (Å²) in [5.74, 6) is 1.51. The van der Waals surface area contributed by atoms with Gasteiger partial charge >= 0.3 is 35.8 Å². The number of hydrogen-bond acceptors (Lipinski definition) is 24. The van der Waals surface area contributed by atoms with E-state index in [-0.39, 0.29) is 26.4 Å². The number of para-hydroxylation sites is 5. The van der Waals surface area contributed by atoms with Crippen LogP contribution in [0.15, 0.2) is 152 Å². The Morgan fingerprint density at radius 2 is 0.520 bits per heavy atom. The van der Waals surface area contributed by atoms with Gasteiger partial charge in [-0.25, -0.2) is 24.0 Å². The van der Waals surface area contributed by atoms with E-state index < -0.39 is 72.1 Å². The Morgan fingerprint density at radius 1 is 0.347 bits per heavy atom. The van der Waals surface area contributed by atoms with E-state index in [0.29, 0.717) is 51.8 Å². The Hall–Kier alpha value is -5.22. The van der Waals surface area contributed by atoms with Crippen molar-refractivity contribution < 1.29 is 57.2 Å². The number of nitrogens with two attached hydrogens (primary N) is 6. The highest BCUT2D eigenvalue weighted by molar-refractivity contribution is 8.77. The van der Waals surface area contributed by atoms with Crippen molar-refractivity contribution >= 4 is 104 Å². The molecule has 24 heteroatoms. The van der Waals surface area contributed by atoms with E-state index >= 15 is 0 Å². The van der Waals surface area contributed by atoms with Crippen LogP contribution < -0.4 is 58.1 Å². The number of thiol groups is 2. The van der Waals surface area contributed by atoms with Gasteiger partial charge in [0.05, 0.1) is 7.11 Å². The summed E-state index contributed by atoms with van der Waals surface area (Å²) in [5, 5.41) is 0.